The third-order valence-electron chi connectivity index (χ3n) is 4.22. The highest BCUT2D eigenvalue weighted by Gasteiger charge is 2.28. The summed E-state index contributed by atoms with van der Waals surface area (Å²) >= 11 is 0. The van der Waals surface area contributed by atoms with Crippen molar-refractivity contribution in [3.05, 3.63) is 17.5 Å². The zero-order valence-corrected chi connectivity index (χ0v) is 16.7. The van der Waals surface area contributed by atoms with E-state index in [9.17, 15) is 18.4 Å². The number of alkyl halides is 2. The smallest absolute Gasteiger partial charge is 0.407 e. The molecule has 1 N–H and O–H groups in total. The number of hydrogen-bond acceptors (Lipinski definition) is 6. The fourth-order valence-corrected chi connectivity index (χ4v) is 2.99. The maximum Gasteiger partial charge on any atom is 0.407 e. The fourth-order valence-electron chi connectivity index (χ4n) is 2.99. The summed E-state index contributed by atoms with van der Waals surface area (Å²) in [6.45, 7) is 8.43. The van der Waals surface area contributed by atoms with Crippen molar-refractivity contribution in [2.45, 2.75) is 65.3 Å². The number of halogens is 2. The summed E-state index contributed by atoms with van der Waals surface area (Å²) in [5.74, 6) is -0.802. The van der Waals surface area contributed by atoms with Crippen molar-refractivity contribution in [2.75, 3.05) is 19.7 Å². The van der Waals surface area contributed by atoms with Gasteiger partial charge in [0.05, 0.1) is 19.5 Å². The number of hydrogen-bond donors (Lipinski definition) is 1. The van der Waals surface area contributed by atoms with Crippen LogP contribution in [0, 0.1) is 0 Å². The van der Waals surface area contributed by atoms with Gasteiger partial charge in [-0.1, -0.05) is 0 Å². The number of likely N-dealkylation sites (tertiary alicyclic amines) is 1. The van der Waals surface area contributed by atoms with E-state index in [0.29, 0.717) is 25.9 Å². The van der Waals surface area contributed by atoms with Crippen molar-refractivity contribution >= 4 is 12.1 Å². The Morgan fingerprint density at radius 2 is 1.96 bits per heavy atom. The molecule has 10 heteroatoms. The average molecular weight is 402 g/mol. The van der Waals surface area contributed by atoms with Crippen molar-refractivity contribution < 1.29 is 27.8 Å². The van der Waals surface area contributed by atoms with E-state index < -0.39 is 29.8 Å². The predicted molar refractivity (Wildman–Crippen MR) is 97.1 cm³/mol. The van der Waals surface area contributed by atoms with E-state index in [2.05, 4.69) is 10.4 Å². The van der Waals surface area contributed by atoms with Gasteiger partial charge in [-0.05, 0) is 40.5 Å². The lowest BCUT2D eigenvalue weighted by atomic mass is 10.1. The van der Waals surface area contributed by atoms with Crippen LogP contribution in [0.1, 0.15) is 63.0 Å². The van der Waals surface area contributed by atoms with Crippen molar-refractivity contribution in [2.24, 2.45) is 0 Å². The molecule has 1 fully saturated rings. The number of aromatic nitrogens is 2. The van der Waals surface area contributed by atoms with Gasteiger partial charge in [-0.15, -0.1) is 0 Å². The minimum Gasteiger partial charge on any atom is -0.462 e. The highest BCUT2D eigenvalue weighted by molar-refractivity contribution is 5.90. The minimum atomic E-state index is -2.84. The molecule has 0 bridgehead atoms. The Labute approximate surface area is 163 Å². The van der Waals surface area contributed by atoms with Crippen LogP contribution in [0.4, 0.5) is 13.6 Å². The third kappa shape index (κ3) is 6.15. The van der Waals surface area contributed by atoms with Crippen molar-refractivity contribution in [3.63, 3.8) is 0 Å². The van der Waals surface area contributed by atoms with E-state index in [1.54, 1.807) is 27.7 Å². The fraction of sp³-hybridized carbons (Fsp3) is 0.722. The molecular weight excluding hydrogens is 374 g/mol. The second-order valence-corrected chi connectivity index (χ2v) is 7.64. The highest BCUT2D eigenvalue weighted by Crippen LogP contribution is 2.24. The van der Waals surface area contributed by atoms with E-state index >= 15 is 0 Å². The number of amides is 1. The van der Waals surface area contributed by atoms with Gasteiger partial charge in [-0.25, -0.2) is 23.1 Å². The molecule has 1 saturated heterocycles. The van der Waals surface area contributed by atoms with Gasteiger partial charge in [-0.3, -0.25) is 4.90 Å². The average Bonchev–Trinajstić information content (AvgIpc) is 2.99. The number of carbonyl (C=O) groups is 2. The highest BCUT2D eigenvalue weighted by atomic mass is 19.3. The third-order valence-corrected chi connectivity index (χ3v) is 4.22. The Bertz CT molecular complexity index is 680. The number of nitrogens with zero attached hydrogens (tertiary/aromatic N) is 3. The summed E-state index contributed by atoms with van der Waals surface area (Å²) in [5.41, 5.74) is -1.21. The first-order chi connectivity index (χ1) is 13.1. The lowest BCUT2D eigenvalue weighted by Crippen LogP contribution is -2.46. The Morgan fingerprint density at radius 1 is 1.32 bits per heavy atom. The molecule has 2 rings (SSSR count). The molecule has 1 aliphatic rings. The van der Waals surface area contributed by atoms with Crippen LogP contribution < -0.4 is 5.32 Å². The molecule has 1 aromatic heterocycles. The van der Waals surface area contributed by atoms with Crippen LogP contribution in [0.2, 0.25) is 0 Å². The monoisotopic (exact) mass is 402 g/mol. The number of piperidine rings is 1. The zero-order valence-electron chi connectivity index (χ0n) is 16.7. The molecule has 28 heavy (non-hydrogen) atoms. The maximum absolute atomic E-state index is 13.5. The van der Waals surface area contributed by atoms with Crippen LogP contribution in [0.15, 0.2) is 6.20 Å². The van der Waals surface area contributed by atoms with Crippen LogP contribution in [0.25, 0.3) is 0 Å². The predicted octanol–water partition coefficient (Wildman–Crippen LogP) is 2.94. The van der Waals surface area contributed by atoms with Gasteiger partial charge in [0.1, 0.15) is 16.9 Å². The van der Waals surface area contributed by atoms with Crippen LogP contribution in [0.5, 0.6) is 0 Å². The van der Waals surface area contributed by atoms with Crippen LogP contribution in [0.3, 0.4) is 0 Å². The summed E-state index contributed by atoms with van der Waals surface area (Å²) in [4.78, 5) is 25.6. The van der Waals surface area contributed by atoms with E-state index in [1.807, 2.05) is 4.90 Å². The largest absolute Gasteiger partial charge is 0.462 e. The van der Waals surface area contributed by atoms with Crippen LogP contribution in [-0.4, -0.2) is 58.1 Å². The molecule has 0 aromatic carbocycles. The molecule has 0 spiro atoms. The molecular formula is C18H28F2N4O4. The van der Waals surface area contributed by atoms with Crippen LogP contribution in [-0.2, 0) is 16.1 Å². The maximum atomic E-state index is 13.5. The van der Waals surface area contributed by atoms with Crippen molar-refractivity contribution in [3.8, 4) is 0 Å². The SMILES string of the molecule is CCOC(=O)c1cnn(CN2CCC(NC(=O)OC(C)(C)C)CC2)c1C(F)F. The first-order valence-corrected chi connectivity index (χ1v) is 9.33. The molecule has 2 heterocycles. The molecule has 0 unspecified atom stereocenters. The van der Waals surface area contributed by atoms with Gasteiger partial charge in [0.25, 0.3) is 6.43 Å². The molecule has 0 saturated carbocycles. The zero-order chi connectivity index (χ0) is 20.9. The Balaban J connectivity index is 1.92. The minimum absolute atomic E-state index is 0.0339. The number of esters is 1. The van der Waals surface area contributed by atoms with Crippen molar-refractivity contribution in [1.82, 2.24) is 20.0 Å². The topological polar surface area (TPSA) is 85.7 Å². The molecule has 1 aromatic rings. The number of rotatable bonds is 6. The summed E-state index contributed by atoms with van der Waals surface area (Å²) in [6.07, 6.45) is -0.855. The van der Waals surface area contributed by atoms with Gasteiger partial charge < -0.3 is 14.8 Å². The Hall–Kier alpha value is -2.23. The van der Waals surface area contributed by atoms with Gasteiger partial charge in [-0.2, -0.15) is 5.10 Å². The summed E-state index contributed by atoms with van der Waals surface area (Å²) in [7, 11) is 0. The van der Waals surface area contributed by atoms with E-state index in [0.717, 1.165) is 10.9 Å². The molecule has 1 aliphatic heterocycles. The van der Waals surface area contributed by atoms with Gasteiger partial charge in [0.2, 0.25) is 0 Å². The Morgan fingerprint density at radius 3 is 2.50 bits per heavy atom. The second-order valence-electron chi connectivity index (χ2n) is 7.64. The summed E-state index contributed by atoms with van der Waals surface area (Å²) < 4.78 is 38.1. The quantitative estimate of drug-likeness (QED) is 0.737. The molecule has 0 atom stereocenters. The first kappa shape index (κ1) is 22.1. The Kier molecular flexibility index (Phi) is 7.34. The molecule has 1 amide bonds. The second kappa shape index (κ2) is 9.31. The lowest BCUT2D eigenvalue weighted by molar-refractivity contribution is 0.0467. The van der Waals surface area contributed by atoms with Crippen molar-refractivity contribution in [1.29, 1.82) is 0 Å². The number of ether oxygens (including phenoxy) is 2. The lowest BCUT2D eigenvalue weighted by Gasteiger charge is -2.32. The molecule has 0 aliphatic carbocycles. The molecule has 158 valence electrons. The number of alkyl carbamates (subject to hydrolysis) is 1. The van der Waals surface area contributed by atoms with E-state index in [-0.39, 0.29) is 24.9 Å². The van der Waals surface area contributed by atoms with E-state index in [1.165, 1.54) is 0 Å². The van der Waals surface area contributed by atoms with Gasteiger partial charge in [0, 0.05) is 19.1 Å². The summed E-state index contributed by atoms with van der Waals surface area (Å²) in [6, 6.07) is -0.0339. The standard InChI is InChI=1S/C18H28F2N4O4/c1-5-27-16(25)13-10-21-24(14(13)15(19)20)11-23-8-6-12(7-9-23)22-17(26)28-18(2,3)4/h10,12,15H,5-9,11H2,1-4H3,(H,22,26). The normalized spacial score (nSPS) is 16.2. The number of carbonyl (C=O) groups excluding carboxylic acids is 2. The van der Waals surface area contributed by atoms with Gasteiger partial charge in [0.15, 0.2) is 0 Å². The van der Waals surface area contributed by atoms with E-state index in [4.69, 9.17) is 9.47 Å². The van der Waals surface area contributed by atoms with Crippen LogP contribution >= 0.6 is 0 Å². The van der Waals surface area contributed by atoms with Gasteiger partial charge >= 0.3 is 12.1 Å². The first-order valence-electron chi connectivity index (χ1n) is 9.33. The number of nitrogens with one attached hydrogen (secondary N) is 1. The summed E-state index contributed by atoms with van der Waals surface area (Å²) in [5, 5.41) is 6.78. The molecule has 0 radical (unpaired) electrons. The molecule has 8 nitrogen and oxygen atoms in total.